The Bertz CT molecular complexity index is 227. The summed E-state index contributed by atoms with van der Waals surface area (Å²) in [5.74, 6) is 0. The molecular formula is C8H12N2O2. The van der Waals surface area contributed by atoms with Crippen LogP contribution in [0.2, 0.25) is 0 Å². The highest BCUT2D eigenvalue weighted by Crippen LogP contribution is 2.35. The van der Waals surface area contributed by atoms with Crippen molar-refractivity contribution >= 4 is 6.09 Å². The predicted molar refractivity (Wildman–Crippen MR) is 41.8 cm³/mol. The monoisotopic (exact) mass is 168 g/mol. The molecule has 2 heterocycles. The molecule has 3 rings (SSSR count). The number of fused-ring (bicyclic) bond motifs is 1. The van der Waals surface area contributed by atoms with Gasteiger partial charge in [-0.3, -0.25) is 4.90 Å². The van der Waals surface area contributed by atoms with Gasteiger partial charge in [-0.05, 0) is 12.8 Å². The maximum atomic E-state index is 11.3. The fourth-order valence-corrected chi connectivity index (χ4v) is 2.14. The molecule has 66 valence electrons. The minimum atomic E-state index is -0.0889. The summed E-state index contributed by atoms with van der Waals surface area (Å²) in [5.41, 5.74) is 0. The van der Waals surface area contributed by atoms with Crippen LogP contribution in [0.15, 0.2) is 0 Å². The van der Waals surface area contributed by atoms with Gasteiger partial charge in [0.2, 0.25) is 0 Å². The van der Waals surface area contributed by atoms with E-state index in [0.717, 1.165) is 13.1 Å². The fourth-order valence-electron chi connectivity index (χ4n) is 2.14. The number of nitrogens with one attached hydrogen (secondary N) is 1. The minimum Gasteiger partial charge on any atom is -0.442 e. The summed E-state index contributed by atoms with van der Waals surface area (Å²) in [6.07, 6.45) is 2.36. The van der Waals surface area contributed by atoms with Crippen molar-refractivity contribution in [1.82, 2.24) is 10.2 Å². The summed E-state index contributed by atoms with van der Waals surface area (Å²) in [4.78, 5) is 13.3. The summed E-state index contributed by atoms with van der Waals surface area (Å²) in [5, 5.41) is 3.24. The standard InChI is InChI=1S/C8H12N2O2/c11-8-10(5-1-2-5)6-3-9-4-7(6)12-8/h5-7,9H,1-4H2/t6-,7+/m1/s1. The van der Waals surface area contributed by atoms with Crippen molar-refractivity contribution in [1.29, 1.82) is 0 Å². The Labute approximate surface area is 70.9 Å². The molecule has 0 bridgehead atoms. The highest BCUT2D eigenvalue weighted by Gasteiger charge is 2.50. The first kappa shape index (κ1) is 6.71. The van der Waals surface area contributed by atoms with E-state index in [1.165, 1.54) is 12.8 Å². The number of carbonyl (C=O) groups excluding carboxylic acids is 1. The molecule has 0 radical (unpaired) electrons. The number of hydrogen-bond acceptors (Lipinski definition) is 3. The lowest BCUT2D eigenvalue weighted by molar-refractivity contribution is 0.133. The van der Waals surface area contributed by atoms with Crippen LogP contribution >= 0.6 is 0 Å². The minimum absolute atomic E-state index is 0.0889. The van der Waals surface area contributed by atoms with Gasteiger partial charge in [-0.1, -0.05) is 0 Å². The highest BCUT2D eigenvalue weighted by molar-refractivity contribution is 5.72. The van der Waals surface area contributed by atoms with Crippen LogP contribution < -0.4 is 5.32 Å². The Kier molecular flexibility index (Phi) is 1.19. The maximum absolute atomic E-state index is 11.3. The quantitative estimate of drug-likeness (QED) is 0.596. The van der Waals surface area contributed by atoms with Crippen LogP contribution in [0.3, 0.4) is 0 Å². The van der Waals surface area contributed by atoms with Gasteiger partial charge in [0.25, 0.3) is 0 Å². The largest absolute Gasteiger partial charge is 0.442 e. The second-order valence-corrected chi connectivity index (χ2v) is 3.79. The lowest BCUT2D eigenvalue weighted by Crippen LogP contribution is -2.38. The van der Waals surface area contributed by atoms with Crippen LogP contribution in [-0.4, -0.2) is 42.3 Å². The van der Waals surface area contributed by atoms with Crippen molar-refractivity contribution in [2.45, 2.75) is 31.0 Å². The maximum Gasteiger partial charge on any atom is 0.410 e. The van der Waals surface area contributed by atoms with E-state index in [0.29, 0.717) is 12.1 Å². The van der Waals surface area contributed by atoms with E-state index in [9.17, 15) is 4.79 Å². The summed E-state index contributed by atoms with van der Waals surface area (Å²) < 4.78 is 5.22. The Morgan fingerprint density at radius 3 is 3.00 bits per heavy atom. The second kappa shape index (κ2) is 2.13. The Balaban J connectivity index is 1.84. The molecule has 3 aliphatic rings. The van der Waals surface area contributed by atoms with Gasteiger partial charge in [-0.15, -0.1) is 0 Å². The van der Waals surface area contributed by atoms with Crippen LogP contribution in [0.1, 0.15) is 12.8 Å². The summed E-state index contributed by atoms with van der Waals surface area (Å²) in [7, 11) is 0. The van der Waals surface area contributed by atoms with E-state index in [1.54, 1.807) is 0 Å². The summed E-state index contributed by atoms with van der Waals surface area (Å²) >= 11 is 0. The van der Waals surface area contributed by atoms with E-state index in [-0.39, 0.29) is 12.2 Å². The van der Waals surface area contributed by atoms with Gasteiger partial charge >= 0.3 is 6.09 Å². The molecule has 0 spiro atoms. The number of nitrogens with zero attached hydrogens (tertiary/aromatic N) is 1. The summed E-state index contributed by atoms with van der Waals surface area (Å²) in [6.45, 7) is 1.74. The SMILES string of the molecule is O=C1O[C@H]2CNC[C@H]2N1C1CC1. The van der Waals surface area contributed by atoms with Gasteiger partial charge in [0.15, 0.2) is 0 Å². The molecule has 1 saturated carbocycles. The van der Waals surface area contributed by atoms with Crippen molar-refractivity contribution < 1.29 is 9.53 Å². The van der Waals surface area contributed by atoms with Gasteiger partial charge in [0.1, 0.15) is 6.10 Å². The van der Waals surface area contributed by atoms with Crippen LogP contribution in [0.4, 0.5) is 4.79 Å². The lowest BCUT2D eigenvalue weighted by atomic mass is 10.2. The molecule has 1 N–H and O–H groups in total. The molecule has 0 aromatic heterocycles. The molecule has 4 heteroatoms. The fraction of sp³-hybridized carbons (Fsp3) is 0.875. The van der Waals surface area contributed by atoms with Gasteiger partial charge in [-0.25, -0.2) is 4.79 Å². The predicted octanol–water partition coefficient (Wildman–Crippen LogP) is -0.0586. The average molecular weight is 168 g/mol. The van der Waals surface area contributed by atoms with Crippen molar-refractivity contribution in [3.05, 3.63) is 0 Å². The van der Waals surface area contributed by atoms with Crippen LogP contribution in [0.5, 0.6) is 0 Å². The molecule has 2 atom stereocenters. The third kappa shape index (κ3) is 0.784. The van der Waals surface area contributed by atoms with Crippen molar-refractivity contribution in [2.24, 2.45) is 0 Å². The molecule has 2 aliphatic heterocycles. The number of amides is 1. The molecule has 2 saturated heterocycles. The molecule has 4 nitrogen and oxygen atoms in total. The van der Waals surface area contributed by atoms with Gasteiger partial charge in [0.05, 0.1) is 6.04 Å². The third-order valence-corrected chi connectivity index (χ3v) is 2.89. The first-order valence-electron chi connectivity index (χ1n) is 4.56. The van der Waals surface area contributed by atoms with Gasteiger partial charge in [-0.2, -0.15) is 0 Å². The molecule has 1 amide bonds. The average Bonchev–Trinajstić information content (AvgIpc) is 2.66. The van der Waals surface area contributed by atoms with Crippen molar-refractivity contribution in [2.75, 3.05) is 13.1 Å². The molecule has 0 aromatic carbocycles. The summed E-state index contributed by atoms with van der Waals surface area (Å²) in [6, 6.07) is 0.817. The molecule has 12 heavy (non-hydrogen) atoms. The highest BCUT2D eigenvalue weighted by atomic mass is 16.6. The van der Waals surface area contributed by atoms with E-state index in [2.05, 4.69) is 5.32 Å². The van der Waals surface area contributed by atoms with Crippen molar-refractivity contribution in [3.63, 3.8) is 0 Å². The smallest absolute Gasteiger partial charge is 0.410 e. The van der Waals surface area contributed by atoms with E-state index in [4.69, 9.17) is 4.74 Å². The Hall–Kier alpha value is -0.770. The Morgan fingerprint density at radius 1 is 1.42 bits per heavy atom. The van der Waals surface area contributed by atoms with Gasteiger partial charge < -0.3 is 10.1 Å². The normalized spacial score (nSPS) is 40.0. The molecule has 3 fully saturated rings. The third-order valence-electron chi connectivity index (χ3n) is 2.89. The van der Waals surface area contributed by atoms with E-state index in [1.807, 2.05) is 4.90 Å². The molecule has 0 aromatic rings. The zero-order valence-corrected chi connectivity index (χ0v) is 6.82. The molecule has 1 aliphatic carbocycles. The van der Waals surface area contributed by atoms with Crippen molar-refractivity contribution in [3.8, 4) is 0 Å². The number of rotatable bonds is 1. The Morgan fingerprint density at radius 2 is 2.25 bits per heavy atom. The number of carbonyl (C=O) groups is 1. The zero-order chi connectivity index (χ0) is 8.13. The molecular weight excluding hydrogens is 156 g/mol. The second-order valence-electron chi connectivity index (χ2n) is 3.79. The topological polar surface area (TPSA) is 41.6 Å². The number of hydrogen-bond donors (Lipinski definition) is 1. The first-order valence-corrected chi connectivity index (χ1v) is 4.56. The van der Waals surface area contributed by atoms with E-state index < -0.39 is 0 Å². The van der Waals surface area contributed by atoms with Gasteiger partial charge in [0, 0.05) is 19.1 Å². The van der Waals surface area contributed by atoms with Crippen LogP contribution in [0, 0.1) is 0 Å². The zero-order valence-electron chi connectivity index (χ0n) is 6.82. The van der Waals surface area contributed by atoms with E-state index >= 15 is 0 Å². The molecule has 0 unspecified atom stereocenters. The first-order chi connectivity index (χ1) is 5.86. The number of ether oxygens (including phenoxy) is 1. The lowest BCUT2D eigenvalue weighted by Gasteiger charge is -2.18. The van der Waals surface area contributed by atoms with Crippen LogP contribution in [0.25, 0.3) is 0 Å². The van der Waals surface area contributed by atoms with Crippen LogP contribution in [-0.2, 0) is 4.74 Å².